The lowest BCUT2D eigenvalue weighted by atomic mass is 10.1. The number of hydrogen-bond donors (Lipinski definition) is 1. The van der Waals surface area contributed by atoms with E-state index in [2.05, 4.69) is 24.1 Å². The Hall–Kier alpha value is -1.30. The molecule has 1 aromatic carbocycles. The van der Waals surface area contributed by atoms with Gasteiger partial charge in [0.05, 0.1) is 23.8 Å². The Morgan fingerprint density at radius 3 is 2.91 bits per heavy atom. The van der Waals surface area contributed by atoms with Crippen LogP contribution in [0.1, 0.15) is 30.8 Å². The van der Waals surface area contributed by atoms with Gasteiger partial charge in [0, 0.05) is 24.5 Å². The molecule has 0 atom stereocenters. The highest BCUT2D eigenvalue weighted by Crippen LogP contribution is 2.38. The van der Waals surface area contributed by atoms with Gasteiger partial charge >= 0.3 is 0 Å². The quantitative estimate of drug-likeness (QED) is 0.915. The molecule has 1 N–H and O–H groups in total. The summed E-state index contributed by atoms with van der Waals surface area (Å²) in [5, 5.41) is 7.17. The number of hydrogen-bond acceptors (Lipinski definition) is 5. The monoisotopic (exact) mass is 338 g/mol. The average molecular weight is 339 g/mol. The van der Waals surface area contributed by atoms with Crippen molar-refractivity contribution >= 4 is 22.9 Å². The normalized spacial score (nSPS) is 14.7. The number of rotatable bonds is 4. The summed E-state index contributed by atoms with van der Waals surface area (Å²) < 4.78 is 11.4. The van der Waals surface area contributed by atoms with Crippen molar-refractivity contribution < 1.29 is 9.47 Å². The van der Waals surface area contributed by atoms with E-state index < -0.39 is 0 Å². The maximum absolute atomic E-state index is 6.33. The molecule has 2 aromatic rings. The Labute approximate surface area is 139 Å². The number of thiazole rings is 1. The van der Waals surface area contributed by atoms with Crippen LogP contribution >= 0.6 is 22.9 Å². The van der Waals surface area contributed by atoms with E-state index in [-0.39, 0.29) is 5.54 Å². The highest BCUT2D eigenvalue weighted by Gasteiger charge is 2.23. The molecule has 118 valence electrons. The van der Waals surface area contributed by atoms with Crippen molar-refractivity contribution in [2.24, 2.45) is 0 Å². The van der Waals surface area contributed by atoms with E-state index in [1.54, 1.807) is 11.3 Å². The topological polar surface area (TPSA) is 43.4 Å². The van der Waals surface area contributed by atoms with Crippen LogP contribution in [-0.4, -0.2) is 18.2 Å². The molecular formula is C16H19ClN2O2S. The molecule has 1 aliphatic rings. The molecule has 0 saturated heterocycles. The van der Waals surface area contributed by atoms with E-state index in [0.717, 1.165) is 22.7 Å². The first-order valence-electron chi connectivity index (χ1n) is 7.29. The molecule has 0 spiro atoms. The second kappa shape index (κ2) is 6.44. The van der Waals surface area contributed by atoms with Gasteiger partial charge in [-0.05, 0) is 31.5 Å². The summed E-state index contributed by atoms with van der Waals surface area (Å²) in [6, 6.07) is 3.93. The van der Waals surface area contributed by atoms with Gasteiger partial charge in [-0.15, -0.1) is 11.3 Å². The van der Waals surface area contributed by atoms with Crippen molar-refractivity contribution in [2.45, 2.75) is 32.4 Å². The van der Waals surface area contributed by atoms with Crippen molar-refractivity contribution in [1.82, 2.24) is 10.3 Å². The van der Waals surface area contributed by atoms with E-state index in [1.165, 1.54) is 0 Å². The highest BCUT2D eigenvalue weighted by molar-refractivity contribution is 7.09. The summed E-state index contributed by atoms with van der Waals surface area (Å²) in [6.45, 7) is 6.22. The van der Waals surface area contributed by atoms with Crippen LogP contribution in [0, 0.1) is 0 Å². The van der Waals surface area contributed by atoms with Crippen molar-refractivity contribution in [3.63, 3.8) is 0 Å². The summed E-state index contributed by atoms with van der Waals surface area (Å²) in [6.07, 6.45) is 2.70. The highest BCUT2D eigenvalue weighted by atomic mass is 35.5. The van der Waals surface area contributed by atoms with Gasteiger partial charge in [0.1, 0.15) is 5.01 Å². The van der Waals surface area contributed by atoms with Gasteiger partial charge in [0.15, 0.2) is 11.5 Å². The van der Waals surface area contributed by atoms with Crippen LogP contribution in [0.2, 0.25) is 5.02 Å². The molecule has 4 nitrogen and oxygen atoms in total. The van der Waals surface area contributed by atoms with Gasteiger partial charge in [0.25, 0.3) is 0 Å². The van der Waals surface area contributed by atoms with Gasteiger partial charge in [0.2, 0.25) is 0 Å². The summed E-state index contributed by atoms with van der Waals surface area (Å²) in [7, 11) is 0. The van der Waals surface area contributed by atoms with Crippen LogP contribution in [0.5, 0.6) is 11.5 Å². The fourth-order valence-corrected chi connectivity index (χ4v) is 3.34. The van der Waals surface area contributed by atoms with Crippen molar-refractivity contribution in [3.8, 4) is 11.5 Å². The van der Waals surface area contributed by atoms with Crippen LogP contribution in [0.3, 0.4) is 0 Å². The van der Waals surface area contributed by atoms with Crippen molar-refractivity contribution in [1.29, 1.82) is 0 Å². The first-order valence-corrected chi connectivity index (χ1v) is 8.55. The zero-order valence-corrected chi connectivity index (χ0v) is 14.3. The number of nitrogens with zero attached hydrogens (tertiary/aromatic N) is 1. The Balaban J connectivity index is 1.76. The molecule has 0 fully saturated rings. The number of fused-ring (bicyclic) bond motifs is 1. The minimum absolute atomic E-state index is 0.190. The second-order valence-electron chi connectivity index (χ2n) is 5.77. The molecular weight excluding hydrogens is 320 g/mol. The van der Waals surface area contributed by atoms with Crippen LogP contribution in [0.4, 0.5) is 0 Å². The van der Waals surface area contributed by atoms with E-state index in [0.29, 0.717) is 30.5 Å². The molecule has 0 unspecified atom stereocenters. The van der Waals surface area contributed by atoms with Gasteiger partial charge in [-0.25, -0.2) is 4.98 Å². The molecule has 0 aliphatic carbocycles. The third-order valence-corrected chi connectivity index (χ3v) is 4.94. The molecule has 22 heavy (non-hydrogen) atoms. The van der Waals surface area contributed by atoms with Crippen molar-refractivity contribution in [2.75, 3.05) is 13.2 Å². The fourth-order valence-electron chi connectivity index (χ4n) is 2.32. The Kier molecular flexibility index (Phi) is 4.57. The van der Waals surface area contributed by atoms with Crippen LogP contribution in [0.25, 0.3) is 0 Å². The fraction of sp³-hybridized carbons (Fsp3) is 0.438. The maximum atomic E-state index is 6.33. The number of ether oxygens (including phenoxy) is 2. The molecule has 0 bridgehead atoms. The molecule has 6 heteroatoms. The predicted molar refractivity (Wildman–Crippen MR) is 89.0 cm³/mol. The smallest absolute Gasteiger partial charge is 0.179 e. The van der Waals surface area contributed by atoms with E-state index in [1.807, 2.05) is 23.7 Å². The Bertz CT molecular complexity index is 644. The minimum Gasteiger partial charge on any atom is -0.489 e. The molecule has 1 aliphatic heterocycles. The molecule has 3 rings (SSSR count). The van der Waals surface area contributed by atoms with E-state index in [4.69, 9.17) is 21.1 Å². The van der Waals surface area contributed by atoms with Gasteiger partial charge in [-0.3, -0.25) is 0 Å². The predicted octanol–water partition coefficient (Wildman–Crippen LogP) is 3.98. The minimum atomic E-state index is -0.190. The lowest BCUT2D eigenvalue weighted by Gasteiger charge is -2.24. The summed E-state index contributed by atoms with van der Waals surface area (Å²) >= 11 is 7.98. The Morgan fingerprint density at radius 2 is 2.14 bits per heavy atom. The molecule has 2 heterocycles. The SMILES string of the molecule is CC(C)(NCc1cc(Cl)c2c(c1)OCCCO2)c1nccs1. The summed E-state index contributed by atoms with van der Waals surface area (Å²) in [5.74, 6) is 1.39. The van der Waals surface area contributed by atoms with Crippen LogP contribution in [0.15, 0.2) is 23.7 Å². The first-order chi connectivity index (χ1) is 10.6. The largest absolute Gasteiger partial charge is 0.489 e. The average Bonchev–Trinajstić information content (AvgIpc) is 2.93. The second-order valence-corrected chi connectivity index (χ2v) is 7.07. The Morgan fingerprint density at radius 1 is 1.32 bits per heavy atom. The zero-order chi connectivity index (χ0) is 15.6. The van der Waals surface area contributed by atoms with E-state index >= 15 is 0 Å². The number of benzene rings is 1. The van der Waals surface area contributed by atoms with Crippen molar-refractivity contribution in [3.05, 3.63) is 39.3 Å². The third kappa shape index (κ3) is 3.37. The molecule has 0 radical (unpaired) electrons. The van der Waals surface area contributed by atoms with Gasteiger partial charge in [-0.1, -0.05) is 11.6 Å². The molecule has 1 aromatic heterocycles. The summed E-state index contributed by atoms with van der Waals surface area (Å²) in [5.41, 5.74) is 0.879. The number of aromatic nitrogens is 1. The standard InChI is InChI=1S/C16H19ClN2O2S/c1-16(2,15-18-4-7-22-15)19-10-11-8-12(17)14-13(9-11)20-5-3-6-21-14/h4,7-9,19H,3,5-6,10H2,1-2H3. The van der Waals surface area contributed by atoms with Crippen LogP contribution < -0.4 is 14.8 Å². The van der Waals surface area contributed by atoms with E-state index in [9.17, 15) is 0 Å². The number of halogens is 1. The van der Waals surface area contributed by atoms with Gasteiger partial charge < -0.3 is 14.8 Å². The maximum Gasteiger partial charge on any atom is 0.179 e. The zero-order valence-electron chi connectivity index (χ0n) is 12.7. The van der Waals surface area contributed by atoms with Crippen LogP contribution in [-0.2, 0) is 12.1 Å². The third-order valence-electron chi connectivity index (χ3n) is 3.56. The number of nitrogens with one attached hydrogen (secondary N) is 1. The van der Waals surface area contributed by atoms with Gasteiger partial charge in [-0.2, -0.15) is 0 Å². The lowest BCUT2D eigenvalue weighted by molar-refractivity contribution is 0.297. The lowest BCUT2D eigenvalue weighted by Crippen LogP contribution is -2.35. The summed E-state index contributed by atoms with van der Waals surface area (Å²) in [4.78, 5) is 4.39. The first kappa shape index (κ1) is 15.6. The molecule has 0 amide bonds. The molecule has 0 saturated carbocycles.